The second-order valence-corrected chi connectivity index (χ2v) is 12.5. The third kappa shape index (κ3) is 7.45. The molecule has 6 heteroatoms. The van der Waals surface area contributed by atoms with E-state index in [2.05, 4.69) is 49.5 Å². The molecule has 4 aromatic rings. The zero-order chi connectivity index (χ0) is 25.9. The fraction of sp³-hybridized carbons (Fsp3) is 0.200. The van der Waals surface area contributed by atoms with Crippen LogP contribution in [0.1, 0.15) is 36.1 Å². The second-order valence-electron chi connectivity index (χ2n) is 7.94. The first-order chi connectivity index (χ1) is 17.5. The van der Waals surface area contributed by atoms with Gasteiger partial charge in [0.2, 0.25) is 0 Å². The van der Waals surface area contributed by atoms with E-state index in [4.69, 9.17) is 0 Å². The fourth-order valence-corrected chi connectivity index (χ4v) is 7.86. The molecule has 0 spiro atoms. The van der Waals surface area contributed by atoms with Gasteiger partial charge in [-0.3, -0.25) is 0 Å². The Morgan fingerprint density at radius 1 is 0.556 bits per heavy atom. The first kappa shape index (κ1) is 28.5. The summed E-state index contributed by atoms with van der Waals surface area (Å²) >= 11 is 8.90. The second kappa shape index (κ2) is 14.6. The minimum Gasteiger partial charge on any atom is -0.240 e. The third-order valence-electron chi connectivity index (χ3n) is 5.75. The Bertz CT molecular complexity index is 1230. The summed E-state index contributed by atoms with van der Waals surface area (Å²) in [5.41, 5.74) is 4.67. The molecule has 188 valence electrons. The summed E-state index contributed by atoms with van der Waals surface area (Å²) in [6, 6.07) is 31.6. The lowest BCUT2D eigenvalue weighted by atomic mass is 10.0. The summed E-state index contributed by atoms with van der Waals surface area (Å²) in [6.07, 6.45) is 3.71. The molecule has 0 N–H and O–H groups in total. The molecule has 0 aromatic heterocycles. The highest BCUT2D eigenvalue weighted by atomic mass is 33.1. The van der Waals surface area contributed by atoms with Crippen molar-refractivity contribution >= 4 is 44.9 Å². The van der Waals surface area contributed by atoms with E-state index >= 15 is 0 Å². The van der Waals surface area contributed by atoms with Crippen molar-refractivity contribution in [1.82, 2.24) is 0 Å². The van der Waals surface area contributed by atoms with Gasteiger partial charge in [0.25, 0.3) is 0 Å². The van der Waals surface area contributed by atoms with E-state index in [-0.39, 0.29) is 0 Å². The standard InChI is InChI=1S/C14H12O2S2.C14H14S2.C2H6/c15-17-13-7-3-1-5-11(13)9-10-12-6-2-4-8-14(12)18(17)16;15-13-7-3-1-5-11(13)9-10-12-6-2-4-8-14(12)16;1-2/h1-8H,9-10H2;1-8,15-16H,9-10H2;1-2H3. The van der Waals surface area contributed by atoms with Crippen LogP contribution in [0, 0.1) is 0 Å². The molecule has 5 rings (SSSR count). The van der Waals surface area contributed by atoms with Crippen LogP contribution in [0.25, 0.3) is 0 Å². The van der Waals surface area contributed by atoms with E-state index < -0.39 is 19.7 Å². The van der Waals surface area contributed by atoms with Gasteiger partial charge in [0.1, 0.15) is 19.7 Å². The number of aryl methyl sites for hydroxylation is 4. The highest BCUT2D eigenvalue weighted by molar-refractivity contribution is 8.61. The lowest BCUT2D eigenvalue weighted by Gasteiger charge is -2.15. The van der Waals surface area contributed by atoms with E-state index in [0.29, 0.717) is 9.79 Å². The molecule has 0 fully saturated rings. The van der Waals surface area contributed by atoms with E-state index in [9.17, 15) is 8.42 Å². The predicted octanol–water partition coefficient (Wildman–Crippen LogP) is 7.69. The molecule has 36 heavy (non-hydrogen) atoms. The van der Waals surface area contributed by atoms with Crippen molar-refractivity contribution in [3.05, 3.63) is 119 Å². The van der Waals surface area contributed by atoms with Gasteiger partial charge < -0.3 is 0 Å². The quantitative estimate of drug-likeness (QED) is 0.202. The SMILES string of the molecule is CC.O=S1c2ccccc2CCc2ccccc2S1=O.Sc1ccccc1CCc1ccccc1S. The molecule has 0 amide bonds. The Hall–Kier alpha value is -2.12. The van der Waals surface area contributed by atoms with Crippen molar-refractivity contribution in [2.24, 2.45) is 0 Å². The molecule has 0 saturated carbocycles. The molecular weight excluding hydrogens is 521 g/mol. The number of benzene rings is 4. The highest BCUT2D eigenvalue weighted by Gasteiger charge is 2.22. The van der Waals surface area contributed by atoms with Crippen molar-refractivity contribution in [1.29, 1.82) is 0 Å². The predicted molar refractivity (Wildman–Crippen MR) is 159 cm³/mol. The fourth-order valence-electron chi connectivity index (χ4n) is 3.89. The molecule has 2 nitrogen and oxygen atoms in total. The van der Waals surface area contributed by atoms with E-state index in [1.165, 1.54) is 11.1 Å². The minimum atomic E-state index is -1.48. The van der Waals surface area contributed by atoms with Crippen LogP contribution in [-0.2, 0) is 45.3 Å². The largest absolute Gasteiger partial charge is 0.240 e. The minimum absolute atomic E-state index is 0.713. The van der Waals surface area contributed by atoms with Crippen molar-refractivity contribution in [2.45, 2.75) is 59.1 Å². The summed E-state index contributed by atoms with van der Waals surface area (Å²) in [6.45, 7) is 4.00. The molecular formula is C30H32O2S4. The van der Waals surface area contributed by atoms with Gasteiger partial charge in [-0.05, 0) is 72.2 Å². The Kier molecular flexibility index (Phi) is 11.5. The molecule has 1 aliphatic rings. The van der Waals surface area contributed by atoms with Crippen LogP contribution in [0.3, 0.4) is 0 Å². The zero-order valence-electron chi connectivity index (χ0n) is 20.6. The van der Waals surface area contributed by atoms with E-state index in [1.807, 2.05) is 86.6 Å². The van der Waals surface area contributed by atoms with Gasteiger partial charge >= 0.3 is 0 Å². The highest BCUT2D eigenvalue weighted by Crippen LogP contribution is 2.27. The Morgan fingerprint density at radius 2 is 0.889 bits per heavy atom. The van der Waals surface area contributed by atoms with Crippen LogP contribution in [0.2, 0.25) is 0 Å². The smallest absolute Gasteiger partial charge is 0.148 e. The average molecular weight is 553 g/mol. The summed E-state index contributed by atoms with van der Waals surface area (Å²) in [5, 5.41) is 0. The van der Waals surface area contributed by atoms with Crippen LogP contribution < -0.4 is 0 Å². The topological polar surface area (TPSA) is 34.1 Å². The first-order valence-electron chi connectivity index (χ1n) is 12.1. The monoisotopic (exact) mass is 552 g/mol. The maximum atomic E-state index is 12.4. The summed E-state index contributed by atoms with van der Waals surface area (Å²) < 4.78 is 24.7. The number of fused-ring (bicyclic) bond motifs is 2. The first-order valence-corrected chi connectivity index (χ1v) is 15.8. The van der Waals surface area contributed by atoms with Crippen LogP contribution in [0.4, 0.5) is 0 Å². The van der Waals surface area contributed by atoms with Gasteiger partial charge in [-0.1, -0.05) is 86.6 Å². The van der Waals surface area contributed by atoms with Gasteiger partial charge in [-0.25, -0.2) is 8.42 Å². The van der Waals surface area contributed by atoms with Gasteiger partial charge in [0, 0.05) is 9.79 Å². The Balaban J connectivity index is 0.000000189. The summed E-state index contributed by atoms with van der Waals surface area (Å²) in [4.78, 5) is 3.56. The van der Waals surface area contributed by atoms with Gasteiger partial charge in [0.15, 0.2) is 0 Å². The summed E-state index contributed by atoms with van der Waals surface area (Å²) in [5.74, 6) is 0. The number of hydrogen-bond acceptors (Lipinski definition) is 4. The van der Waals surface area contributed by atoms with Crippen LogP contribution >= 0.6 is 25.3 Å². The lowest BCUT2D eigenvalue weighted by molar-refractivity contribution is 0.674. The summed E-state index contributed by atoms with van der Waals surface area (Å²) in [7, 11) is -2.96. The maximum Gasteiger partial charge on any atom is 0.148 e. The van der Waals surface area contributed by atoms with Crippen LogP contribution in [0.5, 0.6) is 0 Å². The molecule has 1 heterocycles. The van der Waals surface area contributed by atoms with Gasteiger partial charge in [0.05, 0.1) is 9.79 Å². The number of thiol groups is 2. The number of hydrogen-bond donors (Lipinski definition) is 2. The molecule has 0 aliphatic carbocycles. The molecule has 0 radical (unpaired) electrons. The van der Waals surface area contributed by atoms with E-state index in [0.717, 1.165) is 46.6 Å². The zero-order valence-corrected chi connectivity index (χ0v) is 24.0. The Labute approximate surface area is 230 Å². The lowest BCUT2D eigenvalue weighted by Crippen LogP contribution is -2.11. The van der Waals surface area contributed by atoms with Crippen molar-refractivity contribution in [2.75, 3.05) is 0 Å². The molecule has 0 bridgehead atoms. The van der Waals surface area contributed by atoms with E-state index in [1.54, 1.807) is 0 Å². The molecule has 1 aliphatic heterocycles. The Morgan fingerprint density at radius 3 is 1.28 bits per heavy atom. The van der Waals surface area contributed by atoms with Gasteiger partial charge in [-0.15, -0.1) is 25.3 Å². The van der Waals surface area contributed by atoms with Crippen molar-refractivity contribution in [3.8, 4) is 0 Å². The van der Waals surface area contributed by atoms with Crippen molar-refractivity contribution in [3.63, 3.8) is 0 Å². The molecule has 2 atom stereocenters. The van der Waals surface area contributed by atoms with Gasteiger partial charge in [-0.2, -0.15) is 0 Å². The normalized spacial score (nSPS) is 16.0. The average Bonchev–Trinajstić information content (AvgIpc) is 2.93. The van der Waals surface area contributed by atoms with Crippen LogP contribution in [0.15, 0.2) is 117 Å². The molecule has 2 unspecified atom stereocenters. The number of rotatable bonds is 3. The third-order valence-corrected chi connectivity index (χ3v) is 10.3. The maximum absolute atomic E-state index is 12.4. The van der Waals surface area contributed by atoms with Crippen LogP contribution in [-0.4, -0.2) is 8.42 Å². The molecule has 0 saturated heterocycles. The van der Waals surface area contributed by atoms with Crippen molar-refractivity contribution < 1.29 is 8.42 Å². The molecule has 4 aromatic carbocycles.